The van der Waals surface area contributed by atoms with Crippen LogP contribution in [-0.4, -0.2) is 110 Å². The molecule has 0 aliphatic rings. The van der Waals surface area contributed by atoms with Gasteiger partial charge in [0.2, 0.25) is 35.4 Å². The van der Waals surface area contributed by atoms with E-state index in [0.717, 1.165) is 6.92 Å². The molecule has 0 aliphatic heterocycles. The number of hydrogen-bond acceptors (Lipinski definition) is 11. The second kappa shape index (κ2) is 23.0. The van der Waals surface area contributed by atoms with Gasteiger partial charge in [0.1, 0.15) is 24.2 Å². The molecule has 0 saturated carbocycles. The number of amides is 6. The summed E-state index contributed by atoms with van der Waals surface area (Å²) in [5, 5.41) is 31.9. The summed E-state index contributed by atoms with van der Waals surface area (Å²) >= 11 is 0. The third-order valence-corrected chi connectivity index (χ3v) is 7.95. The number of carboxylic acids is 1. The van der Waals surface area contributed by atoms with Crippen LogP contribution in [0.15, 0.2) is 12.5 Å². The second-order valence-corrected chi connectivity index (χ2v) is 13.7. The lowest BCUT2D eigenvalue weighted by atomic mass is 10.0. The van der Waals surface area contributed by atoms with Gasteiger partial charge in [0.15, 0.2) is 6.04 Å². The number of nitrogens with one attached hydrogen (secondary N) is 6. The maximum Gasteiger partial charge on any atom is 0.328 e. The number of unbranched alkanes of at least 4 members (excludes halogenated alkanes) is 1. The third kappa shape index (κ3) is 17.1. The highest BCUT2D eigenvalue weighted by atomic mass is 16.4. The van der Waals surface area contributed by atoms with E-state index in [-0.39, 0.29) is 43.9 Å². The van der Waals surface area contributed by atoms with Gasteiger partial charge in [-0.3, -0.25) is 28.8 Å². The highest BCUT2D eigenvalue weighted by Crippen LogP contribution is 2.11. The van der Waals surface area contributed by atoms with Gasteiger partial charge in [0.25, 0.3) is 0 Å². The molecule has 0 unspecified atom stereocenters. The van der Waals surface area contributed by atoms with Crippen LogP contribution in [0.1, 0.15) is 85.3 Å². The maximum absolute atomic E-state index is 13.8. The molecule has 0 saturated heterocycles. The highest BCUT2D eigenvalue weighted by Gasteiger charge is 2.34. The van der Waals surface area contributed by atoms with E-state index in [1.54, 1.807) is 13.8 Å². The van der Waals surface area contributed by atoms with Crippen LogP contribution in [0.2, 0.25) is 0 Å². The summed E-state index contributed by atoms with van der Waals surface area (Å²) in [6.07, 6.45) is 2.31. The van der Waals surface area contributed by atoms with Crippen molar-refractivity contribution in [2.24, 2.45) is 29.0 Å². The van der Waals surface area contributed by atoms with E-state index in [9.17, 15) is 43.8 Å². The van der Waals surface area contributed by atoms with Crippen molar-refractivity contribution in [2.75, 3.05) is 6.54 Å². The van der Waals surface area contributed by atoms with Crippen LogP contribution < -0.4 is 43.8 Å². The molecule has 1 aromatic heterocycles. The first-order chi connectivity index (χ1) is 24.4. The zero-order valence-corrected chi connectivity index (χ0v) is 30.6. The molecular weight excluding hydrogens is 680 g/mol. The monoisotopic (exact) mass is 738 g/mol. The predicted octanol–water partition coefficient (Wildman–Crippen LogP) is -2.34. The van der Waals surface area contributed by atoms with Crippen LogP contribution in [0.3, 0.4) is 0 Å². The van der Waals surface area contributed by atoms with Crippen LogP contribution in [0.4, 0.5) is 0 Å². The molecule has 1 rings (SSSR count). The molecule has 7 atom stereocenters. The van der Waals surface area contributed by atoms with Gasteiger partial charge in [-0.15, -0.1) is 0 Å². The standard InChI is InChI=1S/C33H58N10O9/c1-17(2)12-21(35)28(46)41-25(14-20-15-37-16-38-20)32(50)39-22(8-6-7-11-34)29(47)42-24(13-18(3)4)31(49)40-23(9-10-26(36)45)30(48)43-27(19(5)44)33(51)52/h15-19,21-25,27,44H,6-14,34-35H2,1-5H3,(H2,36,45)(H,37,38)(H,39,50)(H,40,49)(H,41,46)(H,42,47)(H,43,48)(H,51,52)/t19-,21+,22+,23+,24+,25+,27+/m1/s1. The van der Waals surface area contributed by atoms with Crippen molar-refractivity contribution in [1.82, 2.24) is 36.6 Å². The number of rotatable bonds is 25. The average Bonchev–Trinajstić information content (AvgIpc) is 3.56. The number of aromatic amines is 1. The molecule has 0 radical (unpaired) electrons. The summed E-state index contributed by atoms with van der Waals surface area (Å²) in [5.74, 6) is -6.15. The Balaban J connectivity index is 3.31. The van der Waals surface area contributed by atoms with Crippen LogP contribution in [0.5, 0.6) is 0 Å². The third-order valence-electron chi connectivity index (χ3n) is 7.95. The Bertz CT molecular complexity index is 1320. The number of H-pyrrole nitrogens is 1. The summed E-state index contributed by atoms with van der Waals surface area (Å²) in [7, 11) is 0. The topological polar surface area (TPSA) is 327 Å². The Kier molecular flexibility index (Phi) is 20.1. The number of nitrogens with two attached hydrogens (primary N) is 3. The zero-order valence-electron chi connectivity index (χ0n) is 30.6. The summed E-state index contributed by atoms with van der Waals surface area (Å²) in [6, 6.07) is -7.62. The van der Waals surface area contributed by atoms with Crippen molar-refractivity contribution in [2.45, 2.75) is 128 Å². The van der Waals surface area contributed by atoms with Crippen LogP contribution in [0, 0.1) is 11.8 Å². The normalized spacial score (nSPS) is 15.3. The van der Waals surface area contributed by atoms with Gasteiger partial charge in [0, 0.05) is 24.7 Å². The Hall–Kier alpha value is -4.62. The van der Waals surface area contributed by atoms with Gasteiger partial charge in [-0.1, -0.05) is 27.7 Å². The fourth-order valence-corrected chi connectivity index (χ4v) is 5.20. The Morgan fingerprint density at radius 2 is 1.27 bits per heavy atom. The van der Waals surface area contributed by atoms with Crippen LogP contribution in [-0.2, 0) is 40.0 Å². The van der Waals surface area contributed by atoms with Crippen molar-refractivity contribution in [3.8, 4) is 0 Å². The minimum Gasteiger partial charge on any atom is -0.480 e. The first kappa shape index (κ1) is 45.4. The van der Waals surface area contributed by atoms with E-state index in [0.29, 0.717) is 31.5 Å². The SMILES string of the molecule is CC(C)C[C@H](NC(=O)[C@H](CCCCN)NC(=O)[C@H](Cc1cnc[nH]1)NC(=O)[C@@H](N)CC(C)C)C(=O)N[C@@H](CCC(N)=O)C(=O)N[C@H](C(=O)O)[C@@H](C)O. The number of carbonyl (C=O) groups is 7. The average molecular weight is 739 g/mol. The Morgan fingerprint density at radius 3 is 1.77 bits per heavy atom. The highest BCUT2D eigenvalue weighted by molar-refractivity contribution is 5.96. The lowest BCUT2D eigenvalue weighted by Gasteiger charge is -2.28. The Morgan fingerprint density at radius 1 is 0.750 bits per heavy atom. The number of aliphatic hydroxyl groups is 1. The minimum atomic E-state index is -1.71. The number of aliphatic hydroxyl groups excluding tert-OH is 1. The van der Waals surface area contributed by atoms with Gasteiger partial charge < -0.3 is 59.0 Å². The zero-order chi connectivity index (χ0) is 39.5. The van der Waals surface area contributed by atoms with Gasteiger partial charge in [-0.05, 0) is 63.8 Å². The van der Waals surface area contributed by atoms with E-state index < -0.39 is 83.8 Å². The molecule has 0 fully saturated rings. The van der Waals surface area contributed by atoms with Crippen molar-refractivity contribution in [1.29, 1.82) is 0 Å². The molecule has 0 bridgehead atoms. The van der Waals surface area contributed by atoms with Gasteiger partial charge in [-0.2, -0.15) is 0 Å². The summed E-state index contributed by atoms with van der Waals surface area (Å²) in [6.45, 7) is 8.86. The molecule has 14 N–H and O–H groups in total. The quantitative estimate of drug-likeness (QED) is 0.0470. The number of aromatic nitrogens is 2. The first-order valence-electron chi connectivity index (χ1n) is 17.5. The summed E-state index contributed by atoms with van der Waals surface area (Å²) < 4.78 is 0. The van der Waals surface area contributed by atoms with Crippen molar-refractivity contribution in [3.63, 3.8) is 0 Å². The van der Waals surface area contributed by atoms with E-state index in [1.807, 2.05) is 13.8 Å². The predicted molar refractivity (Wildman–Crippen MR) is 189 cm³/mol. The molecule has 1 heterocycles. The van der Waals surface area contributed by atoms with E-state index in [1.165, 1.54) is 12.5 Å². The van der Waals surface area contributed by atoms with Crippen LogP contribution in [0.25, 0.3) is 0 Å². The minimum absolute atomic E-state index is 0.00798. The molecule has 0 aliphatic carbocycles. The van der Waals surface area contributed by atoms with Crippen molar-refractivity contribution >= 4 is 41.4 Å². The smallest absolute Gasteiger partial charge is 0.328 e. The number of hydrogen-bond donors (Lipinski definition) is 11. The summed E-state index contributed by atoms with van der Waals surface area (Å²) in [4.78, 5) is 97.1. The molecular formula is C33H58N10O9. The van der Waals surface area contributed by atoms with Crippen molar-refractivity contribution in [3.05, 3.63) is 18.2 Å². The van der Waals surface area contributed by atoms with Gasteiger partial charge >= 0.3 is 5.97 Å². The molecule has 0 aromatic carbocycles. The molecule has 0 spiro atoms. The number of nitrogens with zero attached hydrogens (tertiary/aromatic N) is 1. The second-order valence-electron chi connectivity index (χ2n) is 13.7. The van der Waals surface area contributed by atoms with Gasteiger partial charge in [-0.25, -0.2) is 9.78 Å². The largest absolute Gasteiger partial charge is 0.480 e. The molecule has 19 heteroatoms. The molecule has 52 heavy (non-hydrogen) atoms. The number of carbonyl (C=O) groups excluding carboxylic acids is 6. The van der Waals surface area contributed by atoms with E-state index in [4.69, 9.17) is 17.2 Å². The lowest BCUT2D eigenvalue weighted by Crippen LogP contribution is -2.60. The maximum atomic E-state index is 13.8. The number of aliphatic carboxylic acids is 1. The first-order valence-corrected chi connectivity index (χ1v) is 17.5. The summed E-state index contributed by atoms with van der Waals surface area (Å²) in [5.41, 5.74) is 17.5. The molecule has 6 amide bonds. The van der Waals surface area contributed by atoms with Crippen molar-refractivity contribution < 1.29 is 43.8 Å². The fourth-order valence-electron chi connectivity index (χ4n) is 5.20. The lowest BCUT2D eigenvalue weighted by molar-refractivity contribution is -0.145. The Labute approximate surface area is 303 Å². The molecule has 294 valence electrons. The van der Waals surface area contributed by atoms with E-state index >= 15 is 0 Å². The van der Waals surface area contributed by atoms with Crippen LogP contribution >= 0.6 is 0 Å². The number of imidazole rings is 1. The molecule has 19 nitrogen and oxygen atoms in total. The fraction of sp³-hybridized carbons (Fsp3) is 0.697. The number of carboxylic acid groups (broad SMARTS) is 1. The van der Waals surface area contributed by atoms with E-state index in [2.05, 4.69) is 36.6 Å². The van der Waals surface area contributed by atoms with Gasteiger partial charge in [0.05, 0.1) is 18.5 Å². The number of primary amides is 1. The molecule has 1 aromatic rings.